The van der Waals surface area contributed by atoms with Gasteiger partial charge in [-0.1, -0.05) is 0 Å². The van der Waals surface area contributed by atoms with Crippen LogP contribution in [0.25, 0.3) is 0 Å². The van der Waals surface area contributed by atoms with E-state index in [9.17, 15) is 14.0 Å². The number of nitrogens with one attached hydrogen (secondary N) is 2. The van der Waals surface area contributed by atoms with Crippen molar-refractivity contribution in [1.29, 1.82) is 0 Å². The third-order valence-electron chi connectivity index (χ3n) is 2.11. The third kappa shape index (κ3) is 4.76. The van der Waals surface area contributed by atoms with Crippen LogP contribution < -0.4 is 10.6 Å². The molecule has 0 aromatic carbocycles. The minimum Gasteiger partial charge on any atom is -0.465 e. The Labute approximate surface area is 99.5 Å². The van der Waals surface area contributed by atoms with E-state index < -0.39 is 18.2 Å². The predicted molar refractivity (Wildman–Crippen MR) is 58.2 cm³/mol. The zero-order chi connectivity index (χ0) is 11.3. The van der Waals surface area contributed by atoms with Gasteiger partial charge in [-0.15, -0.1) is 12.4 Å². The van der Waals surface area contributed by atoms with Crippen molar-refractivity contribution in [2.24, 2.45) is 0 Å². The average molecular weight is 255 g/mol. The Morgan fingerprint density at radius 1 is 1.56 bits per heavy atom. The summed E-state index contributed by atoms with van der Waals surface area (Å²) >= 11 is 0. The number of hydrogen-bond acceptors (Lipinski definition) is 4. The van der Waals surface area contributed by atoms with Crippen LogP contribution in [0.4, 0.5) is 4.39 Å². The van der Waals surface area contributed by atoms with Gasteiger partial charge in [0.1, 0.15) is 12.7 Å². The van der Waals surface area contributed by atoms with Crippen LogP contribution in [-0.2, 0) is 14.3 Å². The van der Waals surface area contributed by atoms with Crippen LogP contribution in [0.5, 0.6) is 0 Å². The quantitative estimate of drug-likeness (QED) is 0.681. The first-order valence-corrected chi connectivity index (χ1v) is 4.94. The summed E-state index contributed by atoms with van der Waals surface area (Å²) in [4.78, 5) is 22.2. The second-order valence-corrected chi connectivity index (χ2v) is 3.32. The lowest BCUT2D eigenvalue weighted by Crippen LogP contribution is -2.42. The Balaban J connectivity index is 0.00000225. The third-order valence-corrected chi connectivity index (χ3v) is 2.11. The van der Waals surface area contributed by atoms with E-state index in [0.717, 1.165) is 0 Å². The molecule has 16 heavy (non-hydrogen) atoms. The molecule has 0 radical (unpaired) electrons. The molecular formula is C9H16ClFN2O3. The highest BCUT2D eigenvalue weighted by atomic mass is 35.5. The van der Waals surface area contributed by atoms with Crippen molar-refractivity contribution in [3.05, 3.63) is 0 Å². The number of halogens is 2. The van der Waals surface area contributed by atoms with Crippen LogP contribution in [0.1, 0.15) is 13.3 Å². The number of rotatable bonds is 4. The Kier molecular flexibility index (Phi) is 7.00. The van der Waals surface area contributed by atoms with Gasteiger partial charge in [0.2, 0.25) is 5.91 Å². The van der Waals surface area contributed by atoms with E-state index in [0.29, 0.717) is 0 Å². The molecule has 0 aromatic heterocycles. The lowest BCUT2D eigenvalue weighted by atomic mass is 10.2. The molecule has 2 N–H and O–H groups in total. The summed E-state index contributed by atoms with van der Waals surface area (Å²) < 4.78 is 17.3. The minimum absolute atomic E-state index is 0. The van der Waals surface area contributed by atoms with E-state index >= 15 is 0 Å². The fourth-order valence-corrected chi connectivity index (χ4v) is 1.39. The summed E-state index contributed by atoms with van der Waals surface area (Å²) in [6.07, 6.45) is -0.822. The van der Waals surface area contributed by atoms with Gasteiger partial charge in [-0.25, -0.2) is 4.39 Å². The number of hydrogen-bond donors (Lipinski definition) is 2. The molecule has 0 bridgehead atoms. The monoisotopic (exact) mass is 254 g/mol. The van der Waals surface area contributed by atoms with E-state index in [1.165, 1.54) is 0 Å². The van der Waals surface area contributed by atoms with Crippen molar-refractivity contribution < 1.29 is 18.7 Å². The van der Waals surface area contributed by atoms with Gasteiger partial charge in [-0.05, 0) is 6.92 Å². The summed E-state index contributed by atoms with van der Waals surface area (Å²) in [7, 11) is 0. The molecule has 1 saturated heterocycles. The van der Waals surface area contributed by atoms with Crippen LogP contribution in [0.2, 0.25) is 0 Å². The number of amides is 1. The summed E-state index contributed by atoms with van der Waals surface area (Å²) in [6.45, 7) is 1.99. The Morgan fingerprint density at radius 2 is 2.25 bits per heavy atom. The maximum atomic E-state index is 12.7. The van der Waals surface area contributed by atoms with E-state index in [1.54, 1.807) is 6.92 Å². The van der Waals surface area contributed by atoms with E-state index in [4.69, 9.17) is 0 Å². The Morgan fingerprint density at radius 3 is 2.75 bits per heavy atom. The van der Waals surface area contributed by atoms with Crippen molar-refractivity contribution in [2.45, 2.75) is 25.6 Å². The molecule has 0 spiro atoms. The fourth-order valence-electron chi connectivity index (χ4n) is 1.39. The molecule has 1 rings (SSSR count). The SMILES string of the molecule is CCOC(=O)CNC(=O)[C@H]1C[C@H](F)CN1.Cl. The zero-order valence-electron chi connectivity index (χ0n) is 8.99. The Hall–Kier alpha value is -0.880. The summed E-state index contributed by atoms with van der Waals surface area (Å²) in [5.74, 6) is -0.844. The average Bonchev–Trinajstić information content (AvgIpc) is 2.62. The van der Waals surface area contributed by atoms with Crippen LogP contribution in [0.15, 0.2) is 0 Å². The summed E-state index contributed by atoms with van der Waals surface area (Å²) in [5.41, 5.74) is 0. The van der Waals surface area contributed by atoms with Gasteiger partial charge in [0.25, 0.3) is 0 Å². The molecule has 0 saturated carbocycles. The van der Waals surface area contributed by atoms with Crippen molar-refractivity contribution in [3.63, 3.8) is 0 Å². The normalized spacial score (nSPS) is 23.4. The smallest absolute Gasteiger partial charge is 0.325 e. The molecule has 0 aromatic rings. The standard InChI is InChI=1S/C9H15FN2O3.ClH/c1-2-15-8(13)5-12-9(14)7-3-6(10)4-11-7;/h6-7,11H,2-5H2,1H3,(H,12,14);1H/t6-,7+;/m0./s1. The molecule has 0 aliphatic carbocycles. The highest BCUT2D eigenvalue weighted by molar-refractivity contribution is 5.86. The van der Waals surface area contributed by atoms with Gasteiger partial charge in [0.15, 0.2) is 0 Å². The van der Waals surface area contributed by atoms with Crippen LogP contribution in [-0.4, -0.2) is 43.8 Å². The van der Waals surface area contributed by atoms with Crippen LogP contribution >= 0.6 is 12.4 Å². The second kappa shape index (κ2) is 7.40. The molecule has 1 aliphatic heterocycles. The molecule has 1 heterocycles. The Bertz CT molecular complexity index is 253. The lowest BCUT2D eigenvalue weighted by Gasteiger charge is -2.09. The lowest BCUT2D eigenvalue weighted by molar-refractivity contribution is -0.143. The maximum Gasteiger partial charge on any atom is 0.325 e. The van der Waals surface area contributed by atoms with Crippen molar-refractivity contribution in [1.82, 2.24) is 10.6 Å². The highest BCUT2D eigenvalue weighted by Gasteiger charge is 2.29. The molecule has 5 nitrogen and oxygen atoms in total. The number of ether oxygens (including phenoxy) is 1. The first-order chi connectivity index (χ1) is 7.13. The molecule has 2 atom stereocenters. The van der Waals surface area contributed by atoms with Crippen molar-refractivity contribution in [2.75, 3.05) is 19.7 Å². The molecule has 7 heteroatoms. The van der Waals surface area contributed by atoms with Gasteiger partial charge in [-0.3, -0.25) is 9.59 Å². The minimum atomic E-state index is -0.983. The molecule has 1 fully saturated rings. The molecular weight excluding hydrogens is 239 g/mol. The van der Waals surface area contributed by atoms with E-state index in [2.05, 4.69) is 15.4 Å². The van der Waals surface area contributed by atoms with Crippen LogP contribution in [0.3, 0.4) is 0 Å². The number of esters is 1. The number of carbonyl (C=O) groups excluding carboxylic acids is 2. The highest BCUT2D eigenvalue weighted by Crippen LogP contribution is 2.09. The van der Waals surface area contributed by atoms with E-state index in [1.807, 2.05) is 0 Å². The number of alkyl halides is 1. The summed E-state index contributed by atoms with van der Waals surface area (Å²) in [6, 6.07) is -0.533. The summed E-state index contributed by atoms with van der Waals surface area (Å²) in [5, 5.41) is 5.11. The molecule has 0 unspecified atom stereocenters. The first kappa shape index (κ1) is 15.1. The maximum absolute atomic E-state index is 12.7. The van der Waals surface area contributed by atoms with E-state index in [-0.39, 0.29) is 44.4 Å². The molecule has 94 valence electrons. The molecule has 1 amide bonds. The van der Waals surface area contributed by atoms with Gasteiger partial charge < -0.3 is 15.4 Å². The van der Waals surface area contributed by atoms with Crippen molar-refractivity contribution in [3.8, 4) is 0 Å². The molecule has 1 aliphatic rings. The van der Waals surface area contributed by atoms with Gasteiger partial charge >= 0.3 is 5.97 Å². The fraction of sp³-hybridized carbons (Fsp3) is 0.778. The zero-order valence-corrected chi connectivity index (χ0v) is 9.81. The predicted octanol–water partition coefficient (Wildman–Crippen LogP) is -0.213. The van der Waals surface area contributed by atoms with Crippen LogP contribution in [0, 0.1) is 0 Å². The second-order valence-electron chi connectivity index (χ2n) is 3.32. The first-order valence-electron chi connectivity index (χ1n) is 4.94. The topological polar surface area (TPSA) is 67.4 Å². The van der Waals surface area contributed by atoms with Gasteiger partial charge in [0.05, 0.1) is 12.6 Å². The van der Waals surface area contributed by atoms with Crippen molar-refractivity contribution >= 4 is 24.3 Å². The van der Waals surface area contributed by atoms with Gasteiger partial charge in [-0.2, -0.15) is 0 Å². The largest absolute Gasteiger partial charge is 0.465 e. The van der Waals surface area contributed by atoms with Gasteiger partial charge in [0, 0.05) is 13.0 Å². The number of carbonyl (C=O) groups is 2.